The van der Waals surface area contributed by atoms with Gasteiger partial charge in [0.1, 0.15) is 11.6 Å². The Morgan fingerprint density at radius 2 is 2.27 bits per heavy atom. The van der Waals surface area contributed by atoms with Crippen molar-refractivity contribution in [1.29, 1.82) is 5.26 Å². The highest BCUT2D eigenvalue weighted by atomic mass is 15.2. The van der Waals surface area contributed by atoms with E-state index in [1.54, 1.807) is 0 Å². The highest BCUT2D eigenvalue weighted by molar-refractivity contribution is 5.52. The van der Waals surface area contributed by atoms with Crippen LogP contribution in [0.3, 0.4) is 0 Å². The molecule has 0 aromatic carbocycles. The maximum absolute atomic E-state index is 8.84. The van der Waals surface area contributed by atoms with Crippen LogP contribution in [0.4, 0.5) is 11.8 Å². The van der Waals surface area contributed by atoms with Crippen LogP contribution in [0, 0.1) is 11.3 Å². The molecule has 1 aromatic rings. The number of nitrogens with one attached hydrogen (secondary N) is 1. The molecule has 0 bridgehead atoms. The van der Waals surface area contributed by atoms with Gasteiger partial charge in [-0.1, -0.05) is 0 Å². The van der Waals surface area contributed by atoms with Gasteiger partial charge < -0.3 is 11.1 Å². The molecule has 0 amide bonds. The van der Waals surface area contributed by atoms with Gasteiger partial charge in [0, 0.05) is 0 Å². The first-order chi connectivity index (χ1) is 7.04. The van der Waals surface area contributed by atoms with Crippen molar-refractivity contribution in [2.75, 3.05) is 25.1 Å². The van der Waals surface area contributed by atoms with E-state index in [2.05, 4.69) is 15.3 Å². The standard InChI is InChI=1S/C9H14N6/c1-6(15(2)3)13-8-7(4-10)5-12-9(11)14-8/h5-6H,1-3H3,(H3,11,12,13,14). The highest BCUT2D eigenvalue weighted by Gasteiger charge is 2.09. The first kappa shape index (κ1) is 11.2. The van der Waals surface area contributed by atoms with Gasteiger partial charge in [-0.05, 0) is 21.0 Å². The van der Waals surface area contributed by atoms with Crippen LogP contribution in [0.15, 0.2) is 6.20 Å². The zero-order chi connectivity index (χ0) is 11.4. The molecule has 0 fully saturated rings. The van der Waals surface area contributed by atoms with Crippen LogP contribution >= 0.6 is 0 Å². The lowest BCUT2D eigenvalue weighted by Gasteiger charge is -2.21. The molecule has 1 unspecified atom stereocenters. The molecule has 6 heteroatoms. The molecular formula is C9H14N6. The SMILES string of the molecule is CC(Nc1nc(N)ncc1C#N)N(C)C. The summed E-state index contributed by atoms with van der Waals surface area (Å²) in [5, 5.41) is 11.9. The van der Waals surface area contributed by atoms with Gasteiger partial charge in [-0.2, -0.15) is 10.2 Å². The first-order valence-corrected chi connectivity index (χ1v) is 4.50. The normalized spacial score (nSPS) is 12.2. The maximum Gasteiger partial charge on any atom is 0.222 e. The van der Waals surface area contributed by atoms with Crippen molar-refractivity contribution in [3.63, 3.8) is 0 Å². The van der Waals surface area contributed by atoms with Crippen LogP contribution in [-0.2, 0) is 0 Å². The summed E-state index contributed by atoms with van der Waals surface area (Å²) < 4.78 is 0. The average Bonchev–Trinajstić information content (AvgIpc) is 2.18. The number of aromatic nitrogens is 2. The van der Waals surface area contributed by atoms with Crippen molar-refractivity contribution >= 4 is 11.8 Å². The predicted octanol–water partition coefficient (Wildman–Crippen LogP) is 0.250. The fraction of sp³-hybridized carbons (Fsp3) is 0.444. The van der Waals surface area contributed by atoms with Gasteiger partial charge in [-0.25, -0.2) is 4.98 Å². The summed E-state index contributed by atoms with van der Waals surface area (Å²) in [7, 11) is 3.85. The fourth-order valence-corrected chi connectivity index (χ4v) is 0.914. The number of hydrogen-bond acceptors (Lipinski definition) is 6. The molecule has 15 heavy (non-hydrogen) atoms. The van der Waals surface area contributed by atoms with E-state index in [4.69, 9.17) is 11.0 Å². The van der Waals surface area contributed by atoms with Crippen molar-refractivity contribution < 1.29 is 0 Å². The van der Waals surface area contributed by atoms with E-state index in [-0.39, 0.29) is 12.1 Å². The molecular weight excluding hydrogens is 192 g/mol. The summed E-state index contributed by atoms with van der Waals surface area (Å²) in [6.07, 6.45) is 1.47. The minimum Gasteiger partial charge on any atom is -0.368 e. The van der Waals surface area contributed by atoms with Crippen LogP contribution < -0.4 is 11.1 Å². The van der Waals surface area contributed by atoms with Gasteiger partial charge in [0.05, 0.1) is 12.4 Å². The third-order valence-electron chi connectivity index (χ3n) is 2.05. The Morgan fingerprint density at radius 1 is 1.60 bits per heavy atom. The monoisotopic (exact) mass is 206 g/mol. The molecule has 0 saturated carbocycles. The minimum absolute atomic E-state index is 0.0615. The Labute approximate surface area is 88.7 Å². The molecule has 6 nitrogen and oxygen atoms in total. The summed E-state index contributed by atoms with van der Waals surface area (Å²) in [5.74, 6) is 0.619. The zero-order valence-electron chi connectivity index (χ0n) is 9.02. The quantitative estimate of drug-likeness (QED) is 0.689. The number of nitrogens with zero attached hydrogens (tertiary/aromatic N) is 4. The summed E-state index contributed by atoms with van der Waals surface area (Å²) >= 11 is 0. The third-order valence-corrected chi connectivity index (χ3v) is 2.05. The summed E-state index contributed by atoms with van der Waals surface area (Å²) in [6.45, 7) is 1.96. The Kier molecular flexibility index (Phi) is 3.42. The molecule has 0 spiro atoms. The van der Waals surface area contributed by atoms with E-state index in [1.165, 1.54) is 6.20 Å². The van der Waals surface area contributed by atoms with Gasteiger partial charge in [0.2, 0.25) is 5.95 Å². The second-order valence-electron chi connectivity index (χ2n) is 3.39. The number of nitrogens with two attached hydrogens (primary N) is 1. The van der Waals surface area contributed by atoms with Crippen LogP contribution in [0.25, 0.3) is 0 Å². The van der Waals surface area contributed by atoms with Crippen molar-refractivity contribution in [2.24, 2.45) is 0 Å². The lowest BCUT2D eigenvalue weighted by Crippen LogP contribution is -2.32. The molecule has 1 aromatic heterocycles. The number of anilines is 2. The molecule has 3 N–H and O–H groups in total. The smallest absolute Gasteiger partial charge is 0.222 e. The number of rotatable bonds is 3. The number of nitriles is 1. The molecule has 0 aliphatic rings. The van der Waals surface area contributed by atoms with Gasteiger partial charge in [-0.3, -0.25) is 4.90 Å². The topological polar surface area (TPSA) is 90.9 Å². The Balaban J connectivity index is 2.93. The molecule has 0 saturated heterocycles. The van der Waals surface area contributed by atoms with E-state index in [0.29, 0.717) is 11.4 Å². The Hall–Kier alpha value is -1.87. The van der Waals surface area contributed by atoms with Crippen LogP contribution in [0.2, 0.25) is 0 Å². The highest BCUT2D eigenvalue weighted by Crippen LogP contribution is 2.12. The lowest BCUT2D eigenvalue weighted by molar-refractivity contribution is 0.343. The molecule has 1 heterocycles. The van der Waals surface area contributed by atoms with Crippen LogP contribution in [-0.4, -0.2) is 35.1 Å². The largest absolute Gasteiger partial charge is 0.368 e. The second kappa shape index (κ2) is 4.57. The molecule has 0 aliphatic heterocycles. The van der Waals surface area contributed by atoms with Gasteiger partial charge >= 0.3 is 0 Å². The first-order valence-electron chi connectivity index (χ1n) is 4.50. The molecule has 80 valence electrons. The minimum atomic E-state index is 0.0615. The maximum atomic E-state index is 8.84. The fourth-order valence-electron chi connectivity index (χ4n) is 0.914. The van der Waals surface area contributed by atoms with Crippen LogP contribution in [0.1, 0.15) is 12.5 Å². The summed E-state index contributed by atoms with van der Waals surface area (Å²) in [4.78, 5) is 9.68. The van der Waals surface area contributed by atoms with Gasteiger partial charge in [-0.15, -0.1) is 0 Å². The average molecular weight is 206 g/mol. The summed E-state index contributed by atoms with van der Waals surface area (Å²) in [6, 6.07) is 2.01. The van der Waals surface area contributed by atoms with E-state index < -0.39 is 0 Å². The van der Waals surface area contributed by atoms with Crippen molar-refractivity contribution in [3.05, 3.63) is 11.8 Å². The Morgan fingerprint density at radius 3 is 2.80 bits per heavy atom. The van der Waals surface area contributed by atoms with Crippen molar-refractivity contribution in [2.45, 2.75) is 13.1 Å². The van der Waals surface area contributed by atoms with Crippen molar-refractivity contribution in [1.82, 2.24) is 14.9 Å². The summed E-state index contributed by atoms with van der Waals surface area (Å²) in [5.41, 5.74) is 5.84. The van der Waals surface area contributed by atoms with Crippen molar-refractivity contribution in [3.8, 4) is 6.07 Å². The van der Waals surface area contributed by atoms with Gasteiger partial charge in [0.15, 0.2) is 5.82 Å². The van der Waals surface area contributed by atoms with E-state index in [0.717, 1.165) is 0 Å². The predicted molar refractivity (Wildman–Crippen MR) is 57.9 cm³/mol. The molecule has 1 atom stereocenters. The third kappa shape index (κ3) is 2.79. The van der Waals surface area contributed by atoms with E-state index in [1.807, 2.05) is 32.0 Å². The number of hydrogen-bond donors (Lipinski definition) is 2. The zero-order valence-corrected chi connectivity index (χ0v) is 9.02. The second-order valence-corrected chi connectivity index (χ2v) is 3.39. The molecule has 0 aliphatic carbocycles. The Bertz CT molecular complexity index is 381. The molecule has 1 rings (SSSR count). The van der Waals surface area contributed by atoms with Gasteiger partial charge in [0.25, 0.3) is 0 Å². The molecule has 0 radical (unpaired) electrons. The van der Waals surface area contributed by atoms with Crippen LogP contribution in [0.5, 0.6) is 0 Å². The number of nitrogen functional groups attached to an aromatic ring is 1. The van der Waals surface area contributed by atoms with E-state index >= 15 is 0 Å². The van der Waals surface area contributed by atoms with E-state index in [9.17, 15) is 0 Å². The lowest BCUT2D eigenvalue weighted by atomic mass is 10.3.